The molecule has 2 aliphatic heterocycles. The summed E-state index contributed by atoms with van der Waals surface area (Å²) < 4.78 is 0. The maximum atomic E-state index is 5.85. The zero-order valence-electron chi connectivity index (χ0n) is 11.5. The Morgan fingerprint density at radius 2 is 1.58 bits per heavy atom. The Labute approximate surface area is 114 Å². The van der Waals surface area contributed by atoms with Gasteiger partial charge in [0, 0.05) is 26.2 Å². The molecule has 1 atom stereocenters. The van der Waals surface area contributed by atoms with Crippen molar-refractivity contribution in [2.45, 2.75) is 32.6 Å². The van der Waals surface area contributed by atoms with Crippen LogP contribution in [0, 0.1) is 5.92 Å². The van der Waals surface area contributed by atoms with Gasteiger partial charge in [0.1, 0.15) is 0 Å². The molecule has 3 rings (SSSR count). The van der Waals surface area contributed by atoms with E-state index in [1.54, 1.807) is 0 Å². The van der Waals surface area contributed by atoms with Crippen molar-refractivity contribution in [3.63, 3.8) is 0 Å². The minimum Gasteiger partial charge on any atom is -0.368 e. The van der Waals surface area contributed by atoms with Gasteiger partial charge in [-0.2, -0.15) is 15.0 Å². The Balaban J connectivity index is 1.84. The van der Waals surface area contributed by atoms with Crippen LogP contribution in [-0.2, 0) is 0 Å². The summed E-state index contributed by atoms with van der Waals surface area (Å²) >= 11 is 0. The number of hydrogen-bond donors (Lipinski definition) is 1. The van der Waals surface area contributed by atoms with Crippen LogP contribution in [0.5, 0.6) is 0 Å². The molecule has 2 fully saturated rings. The van der Waals surface area contributed by atoms with E-state index in [9.17, 15) is 0 Å². The summed E-state index contributed by atoms with van der Waals surface area (Å²) in [6.45, 7) is 6.37. The maximum Gasteiger partial charge on any atom is 0.231 e. The van der Waals surface area contributed by atoms with Crippen LogP contribution in [0.4, 0.5) is 17.8 Å². The molecule has 0 bridgehead atoms. The van der Waals surface area contributed by atoms with Crippen molar-refractivity contribution in [3.8, 4) is 0 Å². The summed E-state index contributed by atoms with van der Waals surface area (Å²) in [5.41, 5.74) is 5.85. The van der Waals surface area contributed by atoms with E-state index < -0.39 is 0 Å². The second-order valence-corrected chi connectivity index (χ2v) is 5.68. The molecule has 0 spiro atoms. The van der Waals surface area contributed by atoms with E-state index in [0.29, 0.717) is 11.9 Å². The molecule has 1 aromatic heterocycles. The van der Waals surface area contributed by atoms with Crippen molar-refractivity contribution in [2.24, 2.45) is 5.92 Å². The summed E-state index contributed by atoms with van der Waals surface area (Å²) in [7, 11) is 0. The Morgan fingerprint density at radius 3 is 2.26 bits per heavy atom. The van der Waals surface area contributed by atoms with E-state index in [0.717, 1.165) is 38.1 Å². The molecule has 2 saturated heterocycles. The second kappa shape index (κ2) is 5.19. The van der Waals surface area contributed by atoms with Crippen LogP contribution in [0.25, 0.3) is 0 Å². The fraction of sp³-hybridized carbons (Fsp3) is 0.769. The summed E-state index contributed by atoms with van der Waals surface area (Å²) in [6, 6.07) is 0. The van der Waals surface area contributed by atoms with Gasteiger partial charge in [0.05, 0.1) is 0 Å². The predicted molar refractivity (Wildman–Crippen MR) is 76.3 cm³/mol. The minimum absolute atomic E-state index is 0.338. The van der Waals surface area contributed by atoms with E-state index in [1.165, 1.54) is 25.7 Å². The Morgan fingerprint density at radius 1 is 0.947 bits per heavy atom. The number of nitrogens with two attached hydrogens (primary N) is 1. The first-order valence-corrected chi connectivity index (χ1v) is 7.24. The number of nitrogen functional groups attached to an aromatic ring is 1. The zero-order chi connectivity index (χ0) is 13.2. The molecule has 0 radical (unpaired) electrons. The van der Waals surface area contributed by atoms with Crippen LogP contribution in [0.3, 0.4) is 0 Å². The van der Waals surface area contributed by atoms with E-state index >= 15 is 0 Å². The molecule has 1 aromatic rings. The predicted octanol–water partition coefficient (Wildman–Crippen LogP) is 1.29. The quantitative estimate of drug-likeness (QED) is 0.866. The van der Waals surface area contributed by atoms with Crippen molar-refractivity contribution in [3.05, 3.63) is 0 Å². The van der Waals surface area contributed by atoms with Gasteiger partial charge in [0.2, 0.25) is 17.8 Å². The molecule has 0 amide bonds. The highest BCUT2D eigenvalue weighted by Crippen LogP contribution is 2.23. The highest BCUT2D eigenvalue weighted by atomic mass is 15.4. The van der Waals surface area contributed by atoms with Gasteiger partial charge in [-0.05, 0) is 31.6 Å². The smallest absolute Gasteiger partial charge is 0.231 e. The number of rotatable bonds is 2. The highest BCUT2D eigenvalue weighted by Gasteiger charge is 2.22. The van der Waals surface area contributed by atoms with E-state index in [-0.39, 0.29) is 0 Å². The van der Waals surface area contributed by atoms with Crippen LogP contribution < -0.4 is 15.5 Å². The monoisotopic (exact) mass is 262 g/mol. The van der Waals surface area contributed by atoms with Gasteiger partial charge < -0.3 is 15.5 Å². The minimum atomic E-state index is 0.338. The van der Waals surface area contributed by atoms with E-state index in [1.807, 2.05) is 0 Å². The molecule has 19 heavy (non-hydrogen) atoms. The van der Waals surface area contributed by atoms with Crippen molar-refractivity contribution in [2.75, 3.05) is 41.7 Å². The van der Waals surface area contributed by atoms with E-state index in [2.05, 4.69) is 31.7 Å². The van der Waals surface area contributed by atoms with Crippen LogP contribution in [0.15, 0.2) is 0 Å². The highest BCUT2D eigenvalue weighted by molar-refractivity contribution is 5.44. The SMILES string of the molecule is CC1CCCN(c2nc(N)nc(N3CCCC3)n2)C1. The van der Waals surface area contributed by atoms with Crippen molar-refractivity contribution >= 4 is 17.8 Å². The Hall–Kier alpha value is -1.59. The fourth-order valence-electron chi connectivity index (χ4n) is 2.94. The third-order valence-corrected chi connectivity index (χ3v) is 3.96. The molecular weight excluding hydrogens is 240 g/mol. The van der Waals surface area contributed by atoms with Crippen molar-refractivity contribution < 1.29 is 0 Å². The molecule has 1 unspecified atom stereocenters. The molecule has 6 heteroatoms. The van der Waals surface area contributed by atoms with Crippen LogP contribution in [0.1, 0.15) is 32.6 Å². The van der Waals surface area contributed by atoms with E-state index in [4.69, 9.17) is 5.73 Å². The molecule has 104 valence electrons. The van der Waals surface area contributed by atoms with Crippen molar-refractivity contribution in [1.29, 1.82) is 0 Å². The molecular formula is C13H22N6. The molecule has 2 N–H and O–H groups in total. The molecule has 3 heterocycles. The summed E-state index contributed by atoms with van der Waals surface area (Å²) in [4.78, 5) is 17.7. The normalized spacial score (nSPS) is 23.9. The third-order valence-electron chi connectivity index (χ3n) is 3.96. The lowest BCUT2D eigenvalue weighted by atomic mass is 10.0. The maximum absolute atomic E-state index is 5.85. The Kier molecular flexibility index (Phi) is 3.40. The fourth-order valence-corrected chi connectivity index (χ4v) is 2.94. The molecule has 0 aromatic carbocycles. The van der Waals surface area contributed by atoms with Crippen LogP contribution in [-0.4, -0.2) is 41.1 Å². The second-order valence-electron chi connectivity index (χ2n) is 5.68. The lowest BCUT2D eigenvalue weighted by molar-refractivity contribution is 0.442. The standard InChI is InChI=1S/C13H22N6/c1-10-5-4-8-19(9-10)13-16-11(14)15-12(17-13)18-6-2-3-7-18/h10H,2-9H2,1H3,(H2,14,15,16,17). The first-order valence-electron chi connectivity index (χ1n) is 7.24. The largest absolute Gasteiger partial charge is 0.368 e. The molecule has 0 saturated carbocycles. The van der Waals surface area contributed by atoms with Gasteiger partial charge >= 0.3 is 0 Å². The average molecular weight is 262 g/mol. The van der Waals surface area contributed by atoms with Gasteiger partial charge in [-0.1, -0.05) is 6.92 Å². The summed E-state index contributed by atoms with van der Waals surface area (Å²) in [6.07, 6.45) is 4.91. The average Bonchev–Trinajstić information content (AvgIpc) is 2.92. The van der Waals surface area contributed by atoms with Crippen LogP contribution >= 0.6 is 0 Å². The first-order chi connectivity index (χ1) is 9.22. The Bertz CT molecular complexity index is 443. The van der Waals surface area contributed by atoms with Crippen LogP contribution in [0.2, 0.25) is 0 Å². The lowest BCUT2D eigenvalue weighted by Crippen LogP contribution is -2.36. The summed E-state index contributed by atoms with van der Waals surface area (Å²) in [5.74, 6) is 2.53. The molecule has 6 nitrogen and oxygen atoms in total. The zero-order valence-corrected chi connectivity index (χ0v) is 11.5. The first kappa shape index (κ1) is 12.4. The lowest BCUT2D eigenvalue weighted by Gasteiger charge is -2.31. The van der Waals surface area contributed by atoms with Gasteiger partial charge in [-0.15, -0.1) is 0 Å². The molecule has 2 aliphatic rings. The van der Waals surface area contributed by atoms with Gasteiger partial charge in [0.25, 0.3) is 0 Å². The van der Waals surface area contributed by atoms with Gasteiger partial charge in [-0.25, -0.2) is 0 Å². The number of piperidine rings is 1. The van der Waals surface area contributed by atoms with Gasteiger partial charge in [-0.3, -0.25) is 0 Å². The third kappa shape index (κ3) is 2.72. The van der Waals surface area contributed by atoms with Crippen molar-refractivity contribution in [1.82, 2.24) is 15.0 Å². The number of nitrogens with zero attached hydrogens (tertiary/aromatic N) is 5. The summed E-state index contributed by atoms with van der Waals surface area (Å²) in [5, 5.41) is 0. The number of hydrogen-bond acceptors (Lipinski definition) is 6. The van der Waals surface area contributed by atoms with Gasteiger partial charge in [0.15, 0.2) is 0 Å². The number of aromatic nitrogens is 3. The molecule has 0 aliphatic carbocycles. The topological polar surface area (TPSA) is 71.2 Å². The number of anilines is 3.